The number of benzene rings is 2. The molecule has 2 aromatic carbocycles. The van der Waals surface area contributed by atoms with Crippen LogP contribution in [0.15, 0.2) is 59.9 Å². The zero-order valence-corrected chi connectivity index (χ0v) is 20.6. The first-order chi connectivity index (χ1) is 17.5. The summed E-state index contributed by atoms with van der Waals surface area (Å²) in [6.07, 6.45) is 5.26. The van der Waals surface area contributed by atoms with Gasteiger partial charge in [-0.15, -0.1) is 0 Å². The highest BCUT2D eigenvalue weighted by Crippen LogP contribution is 2.37. The number of nitrogens with one attached hydrogen (secondary N) is 1. The van der Waals surface area contributed by atoms with Crippen LogP contribution in [-0.4, -0.2) is 34.2 Å². The molecular formula is C29H29FN6. The van der Waals surface area contributed by atoms with Crippen LogP contribution in [-0.2, 0) is 13.1 Å². The minimum Gasteiger partial charge on any atom is -0.351 e. The molecule has 4 aromatic rings. The van der Waals surface area contributed by atoms with Crippen molar-refractivity contribution in [3.8, 4) is 6.07 Å². The highest BCUT2D eigenvalue weighted by Gasteiger charge is 2.21. The second-order valence-electron chi connectivity index (χ2n) is 9.27. The highest BCUT2D eigenvalue weighted by molar-refractivity contribution is 6.01. The molecule has 1 aliphatic rings. The predicted molar refractivity (Wildman–Crippen MR) is 142 cm³/mol. The molecule has 2 aromatic heterocycles. The highest BCUT2D eigenvalue weighted by atomic mass is 19.1. The maximum Gasteiger partial charge on any atom is 0.141 e. The SMILES string of the molecule is C=N/C(=C(/c1ccc(C#N)c(F)c1)c1ccn(C[C@@H]2CCNC2)c1C)c1ccc2nn(CC)cc2c1. The summed E-state index contributed by atoms with van der Waals surface area (Å²) in [7, 11) is 0. The molecule has 7 heteroatoms. The van der Waals surface area contributed by atoms with E-state index in [1.165, 1.54) is 12.1 Å². The number of fused-ring (bicyclic) bond motifs is 1. The van der Waals surface area contributed by atoms with E-state index in [1.54, 1.807) is 6.07 Å². The molecule has 0 bridgehead atoms. The monoisotopic (exact) mass is 480 g/mol. The van der Waals surface area contributed by atoms with Gasteiger partial charge in [0, 0.05) is 53.3 Å². The Morgan fingerprint density at radius 1 is 1.25 bits per heavy atom. The van der Waals surface area contributed by atoms with Crippen molar-refractivity contribution in [2.45, 2.75) is 33.4 Å². The van der Waals surface area contributed by atoms with Crippen molar-refractivity contribution in [3.05, 3.63) is 88.6 Å². The van der Waals surface area contributed by atoms with Gasteiger partial charge >= 0.3 is 0 Å². The van der Waals surface area contributed by atoms with E-state index < -0.39 is 5.82 Å². The topological polar surface area (TPSA) is 70.9 Å². The number of aryl methyl sites for hydroxylation is 1. The summed E-state index contributed by atoms with van der Waals surface area (Å²) >= 11 is 0. The maximum atomic E-state index is 14.8. The third-order valence-corrected chi connectivity index (χ3v) is 7.05. The first-order valence-corrected chi connectivity index (χ1v) is 12.3. The molecule has 6 nitrogen and oxygen atoms in total. The van der Waals surface area contributed by atoms with Crippen LogP contribution in [0.1, 0.15) is 41.3 Å². The van der Waals surface area contributed by atoms with Crippen molar-refractivity contribution in [3.63, 3.8) is 0 Å². The quantitative estimate of drug-likeness (QED) is 0.284. The lowest BCUT2D eigenvalue weighted by molar-refractivity contribution is 0.477. The van der Waals surface area contributed by atoms with Crippen LogP contribution < -0.4 is 5.32 Å². The molecule has 1 atom stereocenters. The van der Waals surface area contributed by atoms with E-state index >= 15 is 0 Å². The van der Waals surface area contributed by atoms with Crippen molar-refractivity contribution in [2.24, 2.45) is 10.9 Å². The average molecular weight is 481 g/mol. The molecule has 36 heavy (non-hydrogen) atoms. The molecule has 1 fully saturated rings. The van der Waals surface area contributed by atoms with Crippen LogP contribution in [0.4, 0.5) is 4.39 Å². The summed E-state index contributed by atoms with van der Waals surface area (Å²) in [6.45, 7) is 11.8. The van der Waals surface area contributed by atoms with Gasteiger partial charge in [0.1, 0.15) is 11.9 Å². The maximum absolute atomic E-state index is 14.8. The fourth-order valence-electron chi connectivity index (χ4n) is 5.04. The van der Waals surface area contributed by atoms with Gasteiger partial charge in [0.15, 0.2) is 0 Å². The zero-order valence-electron chi connectivity index (χ0n) is 20.6. The summed E-state index contributed by atoms with van der Waals surface area (Å²) in [6, 6.07) is 14.7. The molecule has 0 saturated carbocycles. The summed E-state index contributed by atoms with van der Waals surface area (Å²) in [5, 5.41) is 18.3. The number of aromatic nitrogens is 3. The molecule has 1 saturated heterocycles. The number of hydrogen-bond acceptors (Lipinski definition) is 4. The molecule has 5 rings (SSSR count). The number of halogens is 1. The fourth-order valence-corrected chi connectivity index (χ4v) is 5.04. The second kappa shape index (κ2) is 9.92. The predicted octanol–water partition coefficient (Wildman–Crippen LogP) is 5.40. The van der Waals surface area contributed by atoms with Crippen LogP contribution in [0.3, 0.4) is 0 Å². The number of aliphatic imine (C=N–C) groups is 1. The van der Waals surface area contributed by atoms with Crippen LogP contribution in [0.2, 0.25) is 0 Å². The Balaban J connectivity index is 1.70. The molecular weight excluding hydrogens is 451 g/mol. The van der Waals surface area contributed by atoms with E-state index in [9.17, 15) is 9.65 Å². The second-order valence-corrected chi connectivity index (χ2v) is 9.27. The van der Waals surface area contributed by atoms with E-state index in [-0.39, 0.29) is 5.56 Å². The summed E-state index contributed by atoms with van der Waals surface area (Å²) in [4.78, 5) is 4.47. The fraction of sp³-hybridized carbons (Fsp3) is 0.276. The van der Waals surface area contributed by atoms with Gasteiger partial charge in [-0.1, -0.05) is 12.1 Å². The Kier molecular flexibility index (Phi) is 6.53. The largest absolute Gasteiger partial charge is 0.351 e. The summed E-state index contributed by atoms with van der Waals surface area (Å²) in [5.74, 6) is 0.0305. The zero-order chi connectivity index (χ0) is 25.2. The Morgan fingerprint density at radius 3 is 2.78 bits per heavy atom. The van der Waals surface area contributed by atoms with E-state index in [1.807, 2.05) is 29.1 Å². The van der Waals surface area contributed by atoms with Crippen LogP contribution in [0, 0.1) is 30.0 Å². The lowest BCUT2D eigenvalue weighted by Crippen LogP contribution is -2.14. The molecule has 182 valence electrons. The van der Waals surface area contributed by atoms with E-state index in [4.69, 9.17) is 0 Å². The molecule has 0 aliphatic carbocycles. The number of rotatable bonds is 7. The molecule has 3 heterocycles. The normalized spacial score (nSPS) is 16.2. The van der Waals surface area contributed by atoms with E-state index in [2.05, 4.69) is 58.9 Å². The molecule has 0 radical (unpaired) electrons. The van der Waals surface area contributed by atoms with Crippen LogP contribution >= 0.6 is 0 Å². The molecule has 0 spiro atoms. The standard InChI is InChI=1S/C29H29FN6/c1-4-36-18-24-13-22(7-8-27(24)34-36)29(32-3)28(21-5-6-23(15-31)26(30)14-21)25-10-12-35(19(25)2)17-20-9-11-33-16-20/h5-8,10,12-14,18,20,33H,3-4,9,11,16-17H2,1-2H3/b29-28-/t20-/m1/s1. The summed E-state index contributed by atoms with van der Waals surface area (Å²) < 4.78 is 19.0. The van der Waals surface area contributed by atoms with Crippen molar-refractivity contribution < 1.29 is 4.39 Å². The minimum absolute atomic E-state index is 0.0163. The molecule has 1 N–H and O–H groups in total. The van der Waals surface area contributed by atoms with Gasteiger partial charge in [0.05, 0.1) is 16.8 Å². The van der Waals surface area contributed by atoms with Gasteiger partial charge in [-0.3, -0.25) is 9.67 Å². The van der Waals surface area contributed by atoms with Crippen molar-refractivity contribution in [1.82, 2.24) is 19.7 Å². The van der Waals surface area contributed by atoms with Gasteiger partial charge < -0.3 is 9.88 Å². The van der Waals surface area contributed by atoms with E-state index in [0.717, 1.165) is 65.9 Å². The molecule has 1 aliphatic heterocycles. The van der Waals surface area contributed by atoms with Crippen LogP contribution in [0.25, 0.3) is 22.2 Å². The van der Waals surface area contributed by atoms with E-state index in [0.29, 0.717) is 17.2 Å². The Hall–Kier alpha value is -4.02. The molecule has 0 amide bonds. The minimum atomic E-state index is -0.551. The Labute approximate surface area is 210 Å². The van der Waals surface area contributed by atoms with Crippen molar-refractivity contribution in [2.75, 3.05) is 13.1 Å². The Bertz CT molecular complexity index is 1510. The third-order valence-electron chi connectivity index (χ3n) is 7.05. The van der Waals surface area contributed by atoms with Gasteiger partial charge in [-0.25, -0.2) is 4.39 Å². The number of nitrogens with zero attached hydrogens (tertiary/aromatic N) is 5. The van der Waals surface area contributed by atoms with Gasteiger partial charge in [0.2, 0.25) is 0 Å². The van der Waals surface area contributed by atoms with Crippen molar-refractivity contribution in [1.29, 1.82) is 5.26 Å². The number of hydrogen-bond donors (Lipinski definition) is 1. The third kappa shape index (κ3) is 4.36. The van der Waals surface area contributed by atoms with Crippen LogP contribution in [0.5, 0.6) is 0 Å². The van der Waals surface area contributed by atoms with Crippen molar-refractivity contribution >= 4 is 28.9 Å². The number of nitriles is 1. The first-order valence-electron chi connectivity index (χ1n) is 12.3. The van der Waals surface area contributed by atoms with Gasteiger partial charge in [-0.05, 0) is 81.9 Å². The van der Waals surface area contributed by atoms with Gasteiger partial charge in [-0.2, -0.15) is 10.4 Å². The Morgan fingerprint density at radius 2 is 2.08 bits per heavy atom. The lowest BCUT2D eigenvalue weighted by Gasteiger charge is -2.16. The first kappa shape index (κ1) is 23.7. The summed E-state index contributed by atoms with van der Waals surface area (Å²) in [5.41, 5.74) is 5.95. The van der Waals surface area contributed by atoms with Gasteiger partial charge in [0.25, 0.3) is 0 Å². The molecule has 0 unspecified atom stereocenters. The average Bonchev–Trinajstić information content (AvgIpc) is 3.63. The smallest absolute Gasteiger partial charge is 0.141 e. The lowest BCUT2D eigenvalue weighted by atomic mass is 9.92.